The maximum atomic E-state index is 10.3. The van der Waals surface area contributed by atoms with E-state index in [0.717, 1.165) is 0 Å². The molecule has 22 heavy (non-hydrogen) atoms. The van der Waals surface area contributed by atoms with Gasteiger partial charge in [-0.25, -0.2) is 9.97 Å². The van der Waals surface area contributed by atoms with Gasteiger partial charge in [0.1, 0.15) is 17.7 Å². The van der Waals surface area contributed by atoms with Crippen LogP contribution in [0, 0.1) is 11.3 Å². The Morgan fingerprint density at radius 1 is 1.50 bits per heavy atom. The number of alkyl halides is 1. The van der Waals surface area contributed by atoms with E-state index < -0.39 is 29.9 Å². The summed E-state index contributed by atoms with van der Waals surface area (Å²) in [7, 11) is 0. The first-order valence-corrected chi connectivity index (χ1v) is 6.98. The maximum absolute atomic E-state index is 10.3. The van der Waals surface area contributed by atoms with Crippen molar-refractivity contribution in [2.45, 2.75) is 23.3 Å². The molecule has 4 atom stereocenters. The second-order valence-electron chi connectivity index (χ2n) is 4.73. The van der Waals surface area contributed by atoms with Crippen LogP contribution in [-0.4, -0.2) is 53.4 Å². The fourth-order valence-electron chi connectivity index (χ4n) is 2.39. The zero-order valence-corrected chi connectivity index (χ0v) is 12.5. The van der Waals surface area contributed by atoms with Crippen molar-refractivity contribution >= 4 is 40.3 Å². The summed E-state index contributed by atoms with van der Waals surface area (Å²) < 4.78 is 7.08. The normalized spacial score (nSPS) is 31.2. The van der Waals surface area contributed by atoms with Gasteiger partial charge in [0.25, 0.3) is 0 Å². The van der Waals surface area contributed by atoms with Crippen molar-refractivity contribution in [3.05, 3.63) is 12.5 Å². The predicted molar refractivity (Wildman–Crippen MR) is 79.0 cm³/mol. The third kappa shape index (κ3) is 2.18. The van der Waals surface area contributed by atoms with Gasteiger partial charge in [-0.3, -0.25) is 4.57 Å². The minimum atomic E-state index is -1.57. The van der Waals surface area contributed by atoms with Crippen LogP contribution in [0.15, 0.2) is 12.5 Å². The Kier molecular flexibility index (Phi) is 3.84. The molecule has 2 aromatic rings. The zero-order valence-electron chi connectivity index (χ0n) is 11.0. The fourth-order valence-corrected chi connectivity index (χ4v) is 2.94. The van der Waals surface area contributed by atoms with E-state index >= 15 is 0 Å². The molecule has 0 saturated carbocycles. The number of hydrogen-bond donors (Lipinski definition) is 3. The van der Waals surface area contributed by atoms with Gasteiger partial charge in [0.2, 0.25) is 5.95 Å². The highest BCUT2D eigenvalue weighted by Gasteiger charge is 2.56. The standard InChI is InChI=1S/C12H11Cl2N5O3/c13-2-1-12(14)8(21)7(4-20)22-10(12)19-5-17-6-3-16-11(15)18-9(6)19/h3,5,7-8,10,20-21H,4H2,(H2,15,16,18)/t7-,8+,10-,12?/m1/s1. The number of nitrogens with zero attached hydrogens (tertiary/aromatic N) is 4. The van der Waals surface area contributed by atoms with Gasteiger partial charge in [-0.2, -0.15) is 4.98 Å². The summed E-state index contributed by atoms with van der Waals surface area (Å²) in [5.41, 5.74) is 6.42. The van der Waals surface area contributed by atoms with Crippen molar-refractivity contribution in [3.63, 3.8) is 0 Å². The van der Waals surface area contributed by atoms with Gasteiger partial charge in [-0.1, -0.05) is 17.5 Å². The molecule has 0 spiro atoms. The van der Waals surface area contributed by atoms with Crippen molar-refractivity contribution in [1.82, 2.24) is 19.5 Å². The second-order valence-corrected chi connectivity index (χ2v) is 5.55. The Labute approximate surface area is 134 Å². The predicted octanol–water partition coefficient (Wildman–Crippen LogP) is -0.164. The molecule has 1 saturated heterocycles. The number of aliphatic hydroxyl groups excluding tert-OH is 2. The van der Waals surface area contributed by atoms with Crippen LogP contribution in [-0.2, 0) is 4.74 Å². The number of halogens is 2. The van der Waals surface area contributed by atoms with E-state index in [-0.39, 0.29) is 5.95 Å². The van der Waals surface area contributed by atoms with Crippen LogP contribution in [0.5, 0.6) is 0 Å². The third-order valence-corrected chi connectivity index (χ3v) is 4.05. The number of aromatic nitrogens is 4. The second kappa shape index (κ2) is 5.53. The van der Waals surface area contributed by atoms with Crippen molar-refractivity contribution in [1.29, 1.82) is 0 Å². The van der Waals surface area contributed by atoms with Crippen molar-refractivity contribution in [3.8, 4) is 11.3 Å². The summed E-state index contributed by atoms with van der Waals surface area (Å²) in [5, 5.41) is 21.7. The Balaban J connectivity index is 2.14. The van der Waals surface area contributed by atoms with Crippen LogP contribution in [0.4, 0.5) is 5.95 Å². The quantitative estimate of drug-likeness (QED) is 0.511. The Morgan fingerprint density at radius 2 is 2.27 bits per heavy atom. The van der Waals surface area contributed by atoms with Crippen molar-refractivity contribution in [2.75, 3.05) is 12.3 Å². The van der Waals surface area contributed by atoms with E-state index in [1.807, 2.05) is 0 Å². The third-order valence-electron chi connectivity index (χ3n) is 3.45. The molecular weight excluding hydrogens is 333 g/mol. The lowest BCUT2D eigenvalue weighted by Crippen LogP contribution is -2.41. The minimum Gasteiger partial charge on any atom is -0.394 e. The summed E-state index contributed by atoms with van der Waals surface area (Å²) in [4.78, 5) is 10.5. The largest absolute Gasteiger partial charge is 0.394 e. The molecule has 2 aromatic heterocycles. The summed E-state index contributed by atoms with van der Waals surface area (Å²) in [6, 6.07) is 0. The molecule has 1 aliphatic heterocycles. The molecule has 1 fully saturated rings. The van der Waals surface area contributed by atoms with Crippen LogP contribution in [0.25, 0.3) is 11.2 Å². The molecule has 1 aliphatic rings. The highest BCUT2D eigenvalue weighted by Crippen LogP contribution is 2.44. The Hall–Kier alpha value is -1.63. The van der Waals surface area contributed by atoms with Gasteiger partial charge in [0.05, 0.1) is 19.1 Å². The zero-order chi connectivity index (χ0) is 15.9. The number of nitrogens with two attached hydrogens (primary N) is 1. The Bertz CT molecular complexity index is 773. The van der Waals surface area contributed by atoms with E-state index in [9.17, 15) is 10.2 Å². The monoisotopic (exact) mass is 343 g/mol. The summed E-state index contributed by atoms with van der Waals surface area (Å²) >= 11 is 11.9. The van der Waals surface area contributed by atoms with Crippen LogP contribution in [0.3, 0.4) is 0 Å². The lowest BCUT2D eigenvalue weighted by molar-refractivity contribution is -0.0436. The average Bonchev–Trinajstić information content (AvgIpc) is 3.00. The molecule has 0 amide bonds. The topological polar surface area (TPSA) is 119 Å². The molecule has 3 rings (SSSR count). The summed E-state index contributed by atoms with van der Waals surface area (Å²) in [6.45, 7) is -0.431. The van der Waals surface area contributed by atoms with Gasteiger partial charge in [0, 0.05) is 5.38 Å². The molecule has 0 aliphatic carbocycles. The maximum Gasteiger partial charge on any atom is 0.222 e. The van der Waals surface area contributed by atoms with Gasteiger partial charge in [0.15, 0.2) is 16.7 Å². The van der Waals surface area contributed by atoms with Gasteiger partial charge in [-0.05, 0) is 11.6 Å². The van der Waals surface area contributed by atoms with E-state index in [4.69, 9.17) is 33.7 Å². The smallest absolute Gasteiger partial charge is 0.222 e. The van der Waals surface area contributed by atoms with E-state index in [2.05, 4.69) is 26.3 Å². The molecule has 116 valence electrons. The highest BCUT2D eigenvalue weighted by molar-refractivity contribution is 6.32. The number of rotatable bonds is 2. The molecule has 4 N–H and O–H groups in total. The number of imidazole rings is 1. The van der Waals surface area contributed by atoms with Gasteiger partial charge >= 0.3 is 0 Å². The minimum absolute atomic E-state index is 0.0510. The molecule has 0 aromatic carbocycles. The number of fused-ring (bicyclic) bond motifs is 1. The summed E-state index contributed by atoms with van der Waals surface area (Å²) in [5.74, 6) is 2.58. The van der Waals surface area contributed by atoms with E-state index in [1.54, 1.807) is 0 Å². The van der Waals surface area contributed by atoms with Crippen LogP contribution in [0.1, 0.15) is 6.23 Å². The number of hydrogen-bond acceptors (Lipinski definition) is 7. The number of anilines is 1. The van der Waals surface area contributed by atoms with Gasteiger partial charge in [-0.15, -0.1) is 0 Å². The van der Waals surface area contributed by atoms with Crippen LogP contribution < -0.4 is 5.73 Å². The molecule has 10 heteroatoms. The SMILES string of the molecule is Nc1ncc2ncn([C@@H]3O[C@H](CO)[C@H](O)C3(Cl)C#CCl)c2n1. The highest BCUT2D eigenvalue weighted by atomic mass is 35.5. The van der Waals surface area contributed by atoms with E-state index in [1.165, 1.54) is 17.1 Å². The van der Waals surface area contributed by atoms with E-state index in [0.29, 0.717) is 11.2 Å². The average molecular weight is 344 g/mol. The van der Waals surface area contributed by atoms with Crippen molar-refractivity contribution < 1.29 is 14.9 Å². The molecular formula is C12H11Cl2N5O3. The first kappa shape index (κ1) is 15.3. The number of aliphatic hydroxyl groups is 2. The summed E-state index contributed by atoms with van der Waals surface area (Å²) in [6.07, 6.45) is -0.273. The lowest BCUT2D eigenvalue weighted by atomic mass is 9.99. The van der Waals surface area contributed by atoms with Crippen LogP contribution in [0.2, 0.25) is 0 Å². The molecule has 0 radical (unpaired) electrons. The first-order valence-electron chi connectivity index (χ1n) is 6.22. The first-order chi connectivity index (χ1) is 10.5. The number of ether oxygens (including phenoxy) is 1. The molecule has 3 heterocycles. The number of nitrogen functional groups attached to an aromatic ring is 1. The lowest BCUT2D eigenvalue weighted by Gasteiger charge is -2.25. The molecule has 1 unspecified atom stereocenters. The fraction of sp³-hybridized carbons (Fsp3) is 0.417. The molecule has 0 bridgehead atoms. The molecule has 8 nitrogen and oxygen atoms in total. The van der Waals surface area contributed by atoms with Gasteiger partial charge < -0.3 is 20.7 Å². The Morgan fingerprint density at radius 3 is 2.95 bits per heavy atom. The van der Waals surface area contributed by atoms with Crippen LogP contribution >= 0.6 is 23.2 Å². The van der Waals surface area contributed by atoms with Crippen molar-refractivity contribution in [2.24, 2.45) is 0 Å².